The molecule has 0 unspecified atom stereocenters. The molecule has 0 atom stereocenters. The molecule has 1 N–H and O–H groups in total. The van der Waals surface area contributed by atoms with Crippen molar-refractivity contribution in [2.24, 2.45) is 0 Å². The van der Waals surface area contributed by atoms with E-state index in [0.717, 1.165) is 22.8 Å². The first kappa shape index (κ1) is 17.1. The van der Waals surface area contributed by atoms with Crippen LogP contribution in [0, 0.1) is 0 Å². The van der Waals surface area contributed by atoms with Crippen LogP contribution in [-0.4, -0.2) is 46.5 Å². The van der Waals surface area contributed by atoms with E-state index in [1.807, 2.05) is 30.3 Å². The summed E-state index contributed by atoms with van der Waals surface area (Å²) in [5.74, 6) is 1.38. The third-order valence-electron chi connectivity index (χ3n) is 4.63. The maximum absolute atomic E-state index is 13.0. The van der Waals surface area contributed by atoms with Gasteiger partial charge in [-0.3, -0.25) is 4.79 Å². The lowest BCUT2D eigenvalue weighted by Crippen LogP contribution is -2.36. The molecular weight excluding hydrogens is 344 g/mol. The first-order valence-corrected chi connectivity index (χ1v) is 8.71. The van der Waals surface area contributed by atoms with Gasteiger partial charge in [0.25, 0.3) is 5.91 Å². The number of hydrogen-bond donors (Lipinski definition) is 1. The number of ether oxygens (including phenoxy) is 2. The van der Waals surface area contributed by atoms with Crippen LogP contribution in [0.25, 0.3) is 11.4 Å². The van der Waals surface area contributed by atoms with Crippen LogP contribution in [0.15, 0.2) is 42.5 Å². The number of carbonyl (C=O) groups is 1. The number of amides is 1. The molecule has 0 aliphatic carbocycles. The molecule has 2 aromatic heterocycles. The minimum Gasteiger partial charge on any atom is -0.481 e. The Morgan fingerprint density at radius 1 is 1.07 bits per heavy atom. The van der Waals surface area contributed by atoms with Crippen LogP contribution in [0.5, 0.6) is 11.8 Å². The average molecular weight is 364 g/mol. The number of carbonyl (C=O) groups excluding carboxylic acids is 1. The van der Waals surface area contributed by atoms with E-state index < -0.39 is 0 Å². The number of rotatable bonds is 4. The smallest absolute Gasteiger partial charge is 0.259 e. The number of fused-ring (bicyclic) bond motifs is 1. The van der Waals surface area contributed by atoms with Gasteiger partial charge in [0, 0.05) is 24.6 Å². The monoisotopic (exact) mass is 364 g/mol. The number of hydrogen-bond acceptors (Lipinski definition) is 5. The van der Waals surface area contributed by atoms with Crippen LogP contribution in [0.1, 0.15) is 21.7 Å². The van der Waals surface area contributed by atoms with E-state index in [-0.39, 0.29) is 11.8 Å². The molecule has 1 amide bonds. The fraction of sp³-hybridized carbons (Fsp3) is 0.250. The van der Waals surface area contributed by atoms with E-state index in [1.54, 1.807) is 17.0 Å². The maximum atomic E-state index is 13.0. The SMILES string of the molecule is COc1ccc(C(=O)N2CCc3nc(-c4ccccc4)[nH]c3C2)c(OC)n1. The summed E-state index contributed by atoms with van der Waals surface area (Å²) >= 11 is 0. The Balaban J connectivity index is 1.58. The Hall–Kier alpha value is -3.35. The fourth-order valence-corrected chi connectivity index (χ4v) is 3.23. The van der Waals surface area contributed by atoms with E-state index in [0.29, 0.717) is 31.0 Å². The number of imidazole rings is 1. The second-order valence-electron chi connectivity index (χ2n) is 6.26. The lowest BCUT2D eigenvalue weighted by Gasteiger charge is -2.26. The summed E-state index contributed by atoms with van der Waals surface area (Å²) in [6.45, 7) is 1.07. The summed E-state index contributed by atoms with van der Waals surface area (Å²) in [5, 5.41) is 0. The van der Waals surface area contributed by atoms with Crippen molar-refractivity contribution in [2.45, 2.75) is 13.0 Å². The molecule has 0 radical (unpaired) electrons. The van der Waals surface area contributed by atoms with E-state index in [9.17, 15) is 4.79 Å². The Bertz CT molecular complexity index is 969. The molecule has 1 aliphatic rings. The Morgan fingerprint density at radius 3 is 2.63 bits per heavy atom. The van der Waals surface area contributed by atoms with Gasteiger partial charge in [-0.15, -0.1) is 0 Å². The first-order chi connectivity index (χ1) is 13.2. The van der Waals surface area contributed by atoms with E-state index in [2.05, 4.69) is 9.97 Å². The number of methoxy groups -OCH3 is 2. The standard InChI is InChI=1S/C20H20N4O3/c1-26-17-9-8-14(19(23-17)27-2)20(25)24-11-10-15-16(12-24)22-18(21-15)13-6-4-3-5-7-13/h3-9H,10-12H2,1-2H3,(H,21,22). The molecule has 27 heavy (non-hydrogen) atoms. The Morgan fingerprint density at radius 2 is 1.89 bits per heavy atom. The summed E-state index contributed by atoms with van der Waals surface area (Å²) in [5.41, 5.74) is 3.43. The van der Waals surface area contributed by atoms with Gasteiger partial charge in [-0.25, -0.2) is 4.98 Å². The molecule has 1 aliphatic heterocycles. The third kappa shape index (κ3) is 3.23. The number of aromatic amines is 1. The normalized spacial score (nSPS) is 13.2. The molecule has 0 saturated carbocycles. The molecule has 138 valence electrons. The van der Waals surface area contributed by atoms with Crippen LogP contribution in [0.3, 0.4) is 0 Å². The lowest BCUT2D eigenvalue weighted by molar-refractivity contribution is 0.0727. The summed E-state index contributed by atoms with van der Waals surface area (Å²) in [4.78, 5) is 27.0. The number of aromatic nitrogens is 3. The van der Waals surface area contributed by atoms with Gasteiger partial charge in [0.1, 0.15) is 11.4 Å². The van der Waals surface area contributed by atoms with Gasteiger partial charge in [-0.2, -0.15) is 4.98 Å². The van der Waals surface area contributed by atoms with Crippen molar-refractivity contribution in [3.8, 4) is 23.1 Å². The summed E-state index contributed by atoms with van der Waals surface area (Å²) < 4.78 is 10.4. The molecule has 1 aromatic carbocycles. The summed E-state index contributed by atoms with van der Waals surface area (Å²) in [6, 6.07) is 13.3. The second kappa shape index (κ2) is 7.11. The van der Waals surface area contributed by atoms with Gasteiger partial charge in [-0.1, -0.05) is 30.3 Å². The van der Waals surface area contributed by atoms with Gasteiger partial charge in [0.05, 0.1) is 32.2 Å². The number of nitrogens with one attached hydrogen (secondary N) is 1. The highest BCUT2D eigenvalue weighted by atomic mass is 16.5. The molecule has 3 heterocycles. The van der Waals surface area contributed by atoms with Gasteiger partial charge in [-0.05, 0) is 6.07 Å². The minimum absolute atomic E-state index is 0.122. The Kier molecular flexibility index (Phi) is 4.50. The fourth-order valence-electron chi connectivity index (χ4n) is 3.23. The number of H-pyrrole nitrogens is 1. The highest BCUT2D eigenvalue weighted by molar-refractivity contribution is 5.96. The van der Waals surface area contributed by atoms with Crippen molar-refractivity contribution >= 4 is 5.91 Å². The molecule has 3 aromatic rings. The zero-order valence-corrected chi connectivity index (χ0v) is 15.2. The number of nitrogens with zero attached hydrogens (tertiary/aromatic N) is 3. The van der Waals surface area contributed by atoms with Crippen LogP contribution in [-0.2, 0) is 13.0 Å². The molecule has 7 nitrogen and oxygen atoms in total. The average Bonchev–Trinajstić information content (AvgIpc) is 3.16. The topological polar surface area (TPSA) is 80.3 Å². The molecule has 0 bridgehead atoms. The Labute approximate surface area is 157 Å². The van der Waals surface area contributed by atoms with Crippen LogP contribution < -0.4 is 9.47 Å². The number of pyridine rings is 1. The molecule has 0 saturated heterocycles. The number of benzene rings is 1. The molecule has 7 heteroatoms. The molecule has 0 fully saturated rings. The maximum Gasteiger partial charge on any atom is 0.259 e. The van der Waals surface area contributed by atoms with E-state index in [4.69, 9.17) is 14.5 Å². The van der Waals surface area contributed by atoms with E-state index >= 15 is 0 Å². The molecule has 4 rings (SSSR count). The lowest BCUT2D eigenvalue weighted by atomic mass is 10.1. The predicted octanol–water partition coefficient (Wildman–Crippen LogP) is 2.69. The van der Waals surface area contributed by atoms with Crippen LogP contribution >= 0.6 is 0 Å². The van der Waals surface area contributed by atoms with Crippen molar-refractivity contribution < 1.29 is 14.3 Å². The summed E-state index contributed by atoms with van der Waals surface area (Å²) in [6.07, 6.45) is 0.705. The van der Waals surface area contributed by atoms with Crippen molar-refractivity contribution in [1.82, 2.24) is 19.9 Å². The summed E-state index contributed by atoms with van der Waals surface area (Å²) in [7, 11) is 3.02. The largest absolute Gasteiger partial charge is 0.481 e. The highest BCUT2D eigenvalue weighted by Crippen LogP contribution is 2.26. The minimum atomic E-state index is -0.122. The van der Waals surface area contributed by atoms with Gasteiger partial charge in [0.2, 0.25) is 11.8 Å². The van der Waals surface area contributed by atoms with Crippen molar-refractivity contribution in [2.75, 3.05) is 20.8 Å². The van der Waals surface area contributed by atoms with Gasteiger partial charge >= 0.3 is 0 Å². The third-order valence-corrected chi connectivity index (χ3v) is 4.63. The molecule has 0 spiro atoms. The predicted molar refractivity (Wildman–Crippen MR) is 99.8 cm³/mol. The van der Waals surface area contributed by atoms with Gasteiger partial charge in [0.15, 0.2) is 0 Å². The highest BCUT2D eigenvalue weighted by Gasteiger charge is 2.27. The van der Waals surface area contributed by atoms with E-state index in [1.165, 1.54) is 14.2 Å². The van der Waals surface area contributed by atoms with Crippen LogP contribution in [0.2, 0.25) is 0 Å². The quantitative estimate of drug-likeness (QED) is 0.770. The first-order valence-electron chi connectivity index (χ1n) is 8.71. The van der Waals surface area contributed by atoms with Crippen molar-refractivity contribution in [3.05, 3.63) is 59.4 Å². The molecular formula is C20H20N4O3. The van der Waals surface area contributed by atoms with Gasteiger partial charge < -0.3 is 19.4 Å². The van der Waals surface area contributed by atoms with Crippen molar-refractivity contribution in [3.63, 3.8) is 0 Å². The zero-order chi connectivity index (χ0) is 18.8. The van der Waals surface area contributed by atoms with Crippen molar-refractivity contribution in [1.29, 1.82) is 0 Å². The van der Waals surface area contributed by atoms with Crippen LogP contribution in [0.4, 0.5) is 0 Å². The second-order valence-corrected chi connectivity index (χ2v) is 6.26. The zero-order valence-electron chi connectivity index (χ0n) is 15.2.